The molecule has 17 heavy (non-hydrogen) atoms. The third-order valence-corrected chi connectivity index (χ3v) is 3.23. The van der Waals surface area contributed by atoms with Crippen molar-refractivity contribution in [2.75, 3.05) is 13.1 Å². The van der Waals surface area contributed by atoms with E-state index in [0.29, 0.717) is 28.7 Å². The number of hydrogen-bond donors (Lipinski definition) is 1. The van der Waals surface area contributed by atoms with E-state index in [1.54, 1.807) is 18.2 Å². The third kappa shape index (κ3) is 3.35. The molecule has 1 aromatic carbocycles. The van der Waals surface area contributed by atoms with Crippen LogP contribution in [-0.4, -0.2) is 29.1 Å². The van der Waals surface area contributed by atoms with Gasteiger partial charge >= 0.3 is 5.97 Å². The second kappa shape index (κ2) is 6.24. The number of carboxylic acids is 1. The van der Waals surface area contributed by atoms with Crippen molar-refractivity contribution in [2.24, 2.45) is 0 Å². The zero-order valence-corrected chi connectivity index (χ0v) is 11.3. The normalized spacial score (nSPS) is 12.8. The highest BCUT2D eigenvalue weighted by Crippen LogP contribution is 2.30. The number of halogens is 2. The first-order valence-corrected chi connectivity index (χ1v) is 6.18. The smallest absolute Gasteiger partial charge is 0.325 e. The van der Waals surface area contributed by atoms with Crippen LogP contribution in [0.4, 0.5) is 0 Å². The summed E-state index contributed by atoms with van der Waals surface area (Å²) in [6.07, 6.45) is 0. The van der Waals surface area contributed by atoms with Crippen LogP contribution < -0.4 is 0 Å². The van der Waals surface area contributed by atoms with Gasteiger partial charge in [-0.05, 0) is 30.8 Å². The standard InChI is InChI=1S/C12H15Cl2NO2/c1-3-15(4-2)11(12(16)17)9-6-5-8(13)7-10(9)14/h5-7,11H,3-4H2,1-2H3,(H,16,17). The Morgan fingerprint density at radius 2 is 1.94 bits per heavy atom. The minimum absolute atomic E-state index is 0.386. The Morgan fingerprint density at radius 1 is 1.35 bits per heavy atom. The summed E-state index contributed by atoms with van der Waals surface area (Å²) in [6.45, 7) is 5.13. The number of benzene rings is 1. The molecular formula is C12H15Cl2NO2. The van der Waals surface area contributed by atoms with Gasteiger partial charge in [0, 0.05) is 10.0 Å². The summed E-state index contributed by atoms with van der Waals surface area (Å²) in [5, 5.41) is 10.2. The largest absolute Gasteiger partial charge is 0.480 e. The molecule has 0 spiro atoms. The number of carboxylic acid groups (broad SMARTS) is 1. The van der Waals surface area contributed by atoms with E-state index in [1.807, 2.05) is 18.7 Å². The maximum atomic E-state index is 11.4. The Hall–Kier alpha value is -0.770. The minimum Gasteiger partial charge on any atom is -0.480 e. The lowest BCUT2D eigenvalue weighted by Crippen LogP contribution is -2.34. The van der Waals surface area contributed by atoms with Gasteiger partial charge in [-0.2, -0.15) is 0 Å². The molecule has 0 heterocycles. The Morgan fingerprint density at radius 3 is 2.35 bits per heavy atom. The molecule has 3 nitrogen and oxygen atoms in total. The zero-order chi connectivity index (χ0) is 13.0. The van der Waals surface area contributed by atoms with E-state index >= 15 is 0 Å². The molecule has 0 aliphatic carbocycles. The first-order valence-electron chi connectivity index (χ1n) is 5.43. The molecule has 1 aromatic rings. The minimum atomic E-state index is -0.905. The van der Waals surface area contributed by atoms with Gasteiger partial charge in [0.1, 0.15) is 6.04 Å². The summed E-state index contributed by atoms with van der Waals surface area (Å²) in [5.74, 6) is -0.905. The lowest BCUT2D eigenvalue weighted by atomic mass is 10.1. The van der Waals surface area contributed by atoms with Crippen molar-refractivity contribution in [3.05, 3.63) is 33.8 Å². The monoisotopic (exact) mass is 275 g/mol. The second-order valence-corrected chi connectivity index (χ2v) is 4.47. The molecule has 0 bridgehead atoms. The van der Waals surface area contributed by atoms with E-state index in [0.717, 1.165) is 0 Å². The SMILES string of the molecule is CCN(CC)C(C(=O)O)c1ccc(Cl)cc1Cl. The number of carbonyl (C=O) groups is 1. The summed E-state index contributed by atoms with van der Waals surface area (Å²) >= 11 is 11.9. The van der Waals surface area contributed by atoms with E-state index in [1.165, 1.54) is 0 Å². The predicted molar refractivity (Wildman–Crippen MR) is 69.8 cm³/mol. The zero-order valence-electron chi connectivity index (χ0n) is 9.78. The highest BCUT2D eigenvalue weighted by Gasteiger charge is 2.27. The summed E-state index contributed by atoms with van der Waals surface area (Å²) < 4.78 is 0. The molecule has 1 atom stereocenters. The number of aliphatic carboxylic acids is 1. The van der Waals surface area contributed by atoms with Gasteiger partial charge in [-0.3, -0.25) is 9.69 Å². The van der Waals surface area contributed by atoms with Crippen molar-refractivity contribution >= 4 is 29.2 Å². The van der Waals surface area contributed by atoms with Gasteiger partial charge in [0.05, 0.1) is 0 Å². The van der Waals surface area contributed by atoms with Crippen LogP contribution in [0, 0.1) is 0 Å². The van der Waals surface area contributed by atoms with Crippen molar-refractivity contribution in [2.45, 2.75) is 19.9 Å². The van der Waals surface area contributed by atoms with Crippen LogP contribution in [0.2, 0.25) is 10.0 Å². The second-order valence-electron chi connectivity index (χ2n) is 3.63. The molecule has 0 fully saturated rings. The van der Waals surface area contributed by atoms with Gasteiger partial charge in [-0.15, -0.1) is 0 Å². The average molecular weight is 276 g/mol. The maximum Gasteiger partial charge on any atom is 0.325 e. The maximum absolute atomic E-state index is 11.4. The highest BCUT2D eigenvalue weighted by atomic mass is 35.5. The van der Waals surface area contributed by atoms with Gasteiger partial charge in [-0.25, -0.2) is 0 Å². The van der Waals surface area contributed by atoms with Crippen molar-refractivity contribution in [1.29, 1.82) is 0 Å². The molecule has 94 valence electrons. The molecule has 1 unspecified atom stereocenters. The number of likely N-dealkylation sites (N-methyl/N-ethyl adjacent to an activating group) is 1. The van der Waals surface area contributed by atoms with Crippen molar-refractivity contribution < 1.29 is 9.90 Å². The molecule has 0 aliphatic rings. The van der Waals surface area contributed by atoms with Crippen molar-refractivity contribution in [1.82, 2.24) is 4.90 Å². The van der Waals surface area contributed by atoms with Crippen LogP contribution >= 0.6 is 23.2 Å². The van der Waals surface area contributed by atoms with Crippen LogP contribution in [-0.2, 0) is 4.79 Å². The fourth-order valence-corrected chi connectivity index (χ4v) is 2.31. The summed E-state index contributed by atoms with van der Waals surface area (Å²) in [7, 11) is 0. The Bertz CT molecular complexity index is 405. The third-order valence-electron chi connectivity index (χ3n) is 2.67. The molecule has 0 saturated heterocycles. The van der Waals surface area contributed by atoms with Crippen molar-refractivity contribution in [3.63, 3.8) is 0 Å². The van der Waals surface area contributed by atoms with Gasteiger partial charge in [-0.1, -0.05) is 43.1 Å². The molecular weight excluding hydrogens is 261 g/mol. The number of rotatable bonds is 5. The van der Waals surface area contributed by atoms with Crippen LogP contribution in [0.25, 0.3) is 0 Å². The fourth-order valence-electron chi connectivity index (χ4n) is 1.80. The Kier molecular flexibility index (Phi) is 5.25. The Labute approximate surface area is 111 Å². The number of hydrogen-bond acceptors (Lipinski definition) is 2. The van der Waals surface area contributed by atoms with E-state index in [4.69, 9.17) is 23.2 Å². The average Bonchev–Trinajstić information content (AvgIpc) is 2.26. The van der Waals surface area contributed by atoms with Gasteiger partial charge in [0.25, 0.3) is 0 Å². The summed E-state index contributed by atoms with van der Waals surface area (Å²) in [5.41, 5.74) is 0.576. The van der Waals surface area contributed by atoms with Gasteiger partial charge in [0.2, 0.25) is 0 Å². The molecule has 0 amide bonds. The van der Waals surface area contributed by atoms with E-state index in [9.17, 15) is 9.90 Å². The lowest BCUT2D eigenvalue weighted by Gasteiger charge is -2.27. The molecule has 1 N–H and O–H groups in total. The molecule has 0 aromatic heterocycles. The molecule has 0 radical (unpaired) electrons. The molecule has 5 heteroatoms. The Balaban J connectivity index is 3.18. The molecule has 1 rings (SSSR count). The van der Waals surface area contributed by atoms with E-state index in [-0.39, 0.29) is 0 Å². The van der Waals surface area contributed by atoms with Crippen LogP contribution in [0.3, 0.4) is 0 Å². The number of nitrogens with zero attached hydrogens (tertiary/aromatic N) is 1. The molecule has 0 aliphatic heterocycles. The van der Waals surface area contributed by atoms with Gasteiger partial charge < -0.3 is 5.11 Å². The topological polar surface area (TPSA) is 40.5 Å². The summed E-state index contributed by atoms with van der Waals surface area (Å²) in [4.78, 5) is 13.2. The van der Waals surface area contributed by atoms with Crippen LogP contribution in [0.5, 0.6) is 0 Å². The quantitative estimate of drug-likeness (QED) is 0.895. The predicted octanol–water partition coefficient (Wildman–Crippen LogP) is 3.46. The highest BCUT2D eigenvalue weighted by molar-refractivity contribution is 6.35. The first-order chi connectivity index (χ1) is 8.01. The summed E-state index contributed by atoms with van der Waals surface area (Å²) in [6, 6.07) is 4.16. The van der Waals surface area contributed by atoms with Gasteiger partial charge in [0.15, 0.2) is 0 Å². The van der Waals surface area contributed by atoms with Crippen LogP contribution in [0.1, 0.15) is 25.5 Å². The lowest BCUT2D eigenvalue weighted by molar-refractivity contribution is -0.143. The van der Waals surface area contributed by atoms with E-state index < -0.39 is 12.0 Å². The molecule has 0 saturated carbocycles. The van der Waals surface area contributed by atoms with Crippen molar-refractivity contribution in [3.8, 4) is 0 Å². The fraction of sp³-hybridized carbons (Fsp3) is 0.417. The first kappa shape index (κ1) is 14.3. The van der Waals surface area contributed by atoms with Crippen LogP contribution in [0.15, 0.2) is 18.2 Å². The van der Waals surface area contributed by atoms with E-state index in [2.05, 4.69) is 0 Å².